The first-order valence-corrected chi connectivity index (χ1v) is 9.62. The predicted octanol–water partition coefficient (Wildman–Crippen LogP) is 5.27. The maximum absolute atomic E-state index is 13.8. The van der Waals surface area contributed by atoms with Crippen molar-refractivity contribution >= 4 is 23.4 Å². The molecule has 0 atom stereocenters. The zero-order valence-corrected chi connectivity index (χ0v) is 16.1. The van der Waals surface area contributed by atoms with Crippen LogP contribution in [0.1, 0.15) is 23.9 Å². The molecular weight excluding hydrogens is 373 g/mol. The van der Waals surface area contributed by atoms with Crippen LogP contribution in [0.3, 0.4) is 0 Å². The Labute approximate surface area is 161 Å². The van der Waals surface area contributed by atoms with Crippen LogP contribution < -0.4 is 4.74 Å². The summed E-state index contributed by atoms with van der Waals surface area (Å²) in [7, 11) is 0. The van der Waals surface area contributed by atoms with Crippen molar-refractivity contribution in [3.05, 3.63) is 70.3 Å². The Morgan fingerprint density at radius 1 is 1.19 bits per heavy atom. The molecule has 7 heteroatoms. The minimum Gasteiger partial charge on any atom is -0.484 e. The highest BCUT2D eigenvalue weighted by Gasteiger charge is 2.14. The largest absolute Gasteiger partial charge is 0.484 e. The average Bonchev–Trinajstić information content (AvgIpc) is 3.03. The minimum absolute atomic E-state index is 0.208. The summed E-state index contributed by atoms with van der Waals surface area (Å²) < 4.78 is 21.6. The van der Waals surface area contributed by atoms with E-state index in [1.165, 1.54) is 17.8 Å². The Bertz CT molecular complexity index is 900. The fourth-order valence-corrected chi connectivity index (χ4v) is 3.65. The first-order chi connectivity index (χ1) is 12.6. The van der Waals surface area contributed by atoms with Crippen molar-refractivity contribution in [2.45, 2.75) is 37.9 Å². The normalized spacial score (nSPS) is 10.9. The fourth-order valence-electron chi connectivity index (χ4n) is 2.47. The number of aryl methyl sites for hydroxylation is 1. The van der Waals surface area contributed by atoms with Gasteiger partial charge in [-0.05, 0) is 43.2 Å². The number of hydrogen-bond donors (Lipinski definition) is 0. The molecule has 0 amide bonds. The highest BCUT2D eigenvalue weighted by molar-refractivity contribution is 7.98. The van der Waals surface area contributed by atoms with Crippen LogP contribution in [0.4, 0.5) is 4.39 Å². The summed E-state index contributed by atoms with van der Waals surface area (Å²) in [6.45, 7) is 4.96. The molecule has 1 heterocycles. The Morgan fingerprint density at radius 2 is 2.00 bits per heavy atom. The molecule has 0 radical (unpaired) electrons. The van der Waals surface area contributed by atoms with E-state index in [0.717, 1.165) is 10.7 Å². The van der Waals surface area contributed by atoms with E-state index in [2.05, 4.69) is 10.2 Å². The van der Waals surface area contributed by atoms with Gasteiger partial charge in [-0.2, -0.15) is 0 Å². The van der Waals surface area contributed by atoms with Gasteiger partial charge in [0.2, 0.25) is 0 Å². The molecule has 0 aliphatic rings. The van der Waals surface area contributed by atoms with Gasteiger partial charge in [0, 0.05) is 12.3 Å². The van der Waals surface area contributed by atoms with E-state index in [1.54, 1.807) is 12.1 Å². The summed E-state index contributed by atoms with van der Waals surface area (Å²) in [6, 6.07) is 12.4. The Balaban J connectivity index is 1.70. The second kappa shape index (κ2) is 8.56. The Kier molecular flexibility index (Phi) is 6.16. The molecule has 0 aliphatic carbocycles. The van der Waals surface area contributed by atoms with Gasteiger partial charge in [-0.15, -0.1) is 10.2 Å². The van der Waals surface area contributed by atoms with Gasteiger partial charge in [0.05, 0.1) is 5.02 Å². The van der Waals surface area contributed by atoms with Gasteiger partial charge in [0.1, 0.15) is 18.2 Å². The van der Waals surface area contributed by atoms with Crippen LogP contribution >= 0.6 is 23.4 Å². The maximum Gasteiger partial charge on any atom is 0.191 e. The lowest BCUT2D eigenvalue weighted by Crippen LogP contribution is -2.07. The lowest BCUT2D eigenvalue weighted by atomic mass is 10.2. The van der Waals surface area contributed by atoms with Gasteiger partial charge in [0.15, 0.2) is 11.0 Å². The summed E-state index contributed by atoms with van der Waals surface area (Å²) in [6.07, 6.45) is 0. The molecule has 4 nitrogen and oxygen atoms in total. The van der Waals surface area contributed by atoms with Gasteiger partial charge in [0.25, 0.3) is 0 Å². The third-order valence-corrected chi connectivity index (χ3v) is 5.20. The topological polar surface area (TPSA) is 39.9 Å². The summed E-state index contributed by atoms with van der Waals surface area (Å²) in [4.78, 5) is 0. The monoisotopic (exact) mass is 391 g/mol. The van der Waals surface area contributed by atoms with Gasteiger partial charge in [-0.1, -0.05) is 47.6 Å². The van der Waals surface area contributed by atoms with Crippen LogP contribution in [0.25, 0.3) is 0 Å². The molecule has 0 saturated carbocycles. The van der Waals surface area contributed by atoms with Crippen molar-refractivity contribution in [1.82, 2.24) is 14.8 Å². The van der Waals surface area contributed by atoms with Crippen LogP contribution in [0.15, 0.2) is 47.6 Å². The molecule has 0 bridgehead atoms. The average molecular weight is 392 g/mol. The summed E-state index contributed by atoms with van der Waals surface area (Å²) in [5.41, 5.74) is 1.72. The molecule has 0 spiro atoms. The van der Waals surface area contributed by atoms with E-state index in [9.17, 15) is 4.39 Å². The second-order valence-electron chi connectivity index (χ2n) is 5.75. The number of thioether (sulfide) groups is 1. The number of aromatic nitrogens is 3. The molecule has 0 saturated heterocycles. The van der Waals surface area contributed by atoms with Crippen LogP contribution in [-0.2, 0) is 18.9 Å². The van der Waals surface area contributed by atoms with Crippen molar-refractivity contribution in [3.63, 3.8) is 0 Å². The Morgan fingerprint density at radius 3 is 2.77 bits per heavy atom. The standard InChI is InChI=1S/C19H19ClFN3OS/c1-3-24-18(11-25-17-10-13(2)8-9-15(17)20)22-23-19(24)26-12-14-6-4-5-7-16(14)21/h4-10H,3,11-12H2,1-2H3. The SMILES string of the molecule is CCn1c(COc2cc(C)ccc2Cl)nnc1SCc1ccccc1F. The molecule has 1 aromatic heterocycles. The van der Waals surface area contributed by atoms with Gasteiger partial charge in [-0.3, -0.25) is 0 Å². The second-order valence-corrected chi connectivity index (χ2v) is 7.10. The number of ether oxygens (including phenoxy) is 1. The molecule has 2 aromatic carbocycles. The van der Waals surface area contributed by atoms with Crippen molar-refractivity contribution < 1.29 is 9.13 Å². The number of nitrogens with zero attached hydrogens (tertiary/aromatic N) is 3. The first kappa shape index (κ1) is 18.7. The van der Waals surface area contributed by atoms with E-state index in [1.807, 2.05) is 42.7 Å². The lowest BCUT2D eigenvalue weighted by Gasteiger charge is -2.10. The molecule has 0 fully saturated rings. The maximum atomic E-state index is 13.8. The van der Waals surface area contributed by atoms with Gasteiger partial charge < -0.3 is 9.30 Å². The molecular formula is C19H19ClFN3OS. The van der Waals surface area contributed by atoms with E-state index < -0.39 is 0 Å². The van der Waals surface area contributed by atoms with Gasteiger partial charge >= 0.3 is 0 Å². The predicted molar refractivity (Wildman–Crippen MR) is 102 cm³/mol. The molecule has 0 unspecified atom stereocenters. The number of hydrogen-bond acceptors (Lipinski definition) is 4. The third kappa shape index (κ3) is 4.37. The highest BCUT2D eigenvalue weighted by atomic mass is 35.5. The number of rotatable bonds is 7. The Hall–Kier alpha value is -2.05. The molecule has 0 N–H and O–H groups in total. The van der Waals surface area contributed by atoms with Crippen molar-refractivity contribution in [2.24, 2.45) is 0 Å². The van der Waals surface area contributed by atoms with Crippen LogP contribution in [-0.4, -0.2) is 14.8 Å². The minimum atomic E-state index is -0.208. The molecule has 3 rings (SSSR count). The van der Waals surface area contributed by atoms with Crippen molar-refractivity contribution in [2.75, 3.05) is 0 Å². The van der Waals surface area contributed by atoms with Crippen LogP contribution in [0.2, 0.25) is 5.02 Å². The zero-order valence-electron chi connectivity index (χ0n) is 14.6. The van der Waals surface area contributed by atoms with E-state index in [0.29, 0.717) is 34.5 Å². The van der Waals surface area contributed by atoms with Crippen molar-refractivity contribution in [1.29, 1.82) is 0 Å². The lowest BCUT2D eigenvalue weighted by molar-refractivity contribution is 0.288. The van der Waals surface area contributed by atoms with Crippen LogP contribution in [0.5, 0.6) is 5.75 Å². The van der Waals surface area contributed by atoms with E-state index in [4.69, 9.17) is 16.3 Å². The fraction of sp³-hybridized carbons (Fsp3) is 0.263. The van der Waals surface area contributed by atoms with Crippen LogP contribution in [0, 0.1) is 12.7 Å². The van der Waals surface area contributed by atoms with E-state index >= 15 is 0 Å². The highest BCUT2D eigenvalue weighted by Crippen LogP contribution is 2.27. The summed E-state index contributed by atoms with van der Waals surface area (Å²) in [5, 5.41) is 9.75. The zero-order chi connectivity index (χ0) is 18.5. The first-order valence-electron chi connectivity index (χ1n) is 8.25. The number of halogens is 2. The molecule has 136 valence electrons. The van der Waals surface area contributed by atoms with Crippen molar-refractivity contribution in [3.8, 4) is 5.75 Å². The third-order valence-electron chi connectivity index (χ3n) is 3.87. The molecule has 26 heavy (non-hydrogen) atoms. The molecule has 3 aromatic rings. The van der Waals surface area contributed by atoms with E-state index in [-0.39, 0.29) is 12.4 Å². The quantitative estimate of drug-likeness (QED) is 0.514. The molecule has 0 aliphatic heterocycles. The number of benzene rings is 2. The smallest absolute Gasteiger partial charge is 0.191 e. The van der Waals surface area contributed by atoms with Gasteiger partial charge in [-0.25, -0.2) is 4.39 Å². The summed E-state index contributed by atoms with van der Waals surface area (Å²) >= 11 is 7.62. The summed E-state index contributed by atoms with van der Waals surface area (Å²) in [5.74, 6) is 1.62.